The van der Waals surface area contributed by atoms with Crippen molar-refractivity contribution in [2.75, 3.05) is 12.3 Å². The fraction of sp³-hybridized carbons (Fsp3) is 0.273. The maximum absolute atomic E-state index is 11.6. The molecule has 0 radical (unpaired) electrons. The molecule has 0 aliphatic carbocycles. The zero-order valence-electron chi connectivity index (χ0n) is 9.07. The second-order valence-electron chi connectivity index (χ2n) is 3.48. The minimum Gasteiger partial charge on any atom is -0.481 e. The van der Waals surface area contributed by atoms with Gasteiger partial charge >= 0.3 is 5.97 Å². The Kier molecular flexibility index (Phi) is 4.78. The summed E-state index contributed by atoms with van der Waals surface area (Å²) < 4.78 is 0. The Labute approximate surface area is 104 Å². The topological polar surface area (TPSA) is 92.4 Å². The molecule has 0 aromatic heterocycles. The molecule has 0 spiro atoms. The van der Waals surface area contributed by atoms with Crippen molar-refractivity contribution in [2.45, 2.75) is 12.8 Å². The first-order chi connectivity index (χ1) is 8.00. The zero-order valence-corrected chi connectivity index (χ0v) is 9.83. The maximum atomic E-state index is 11.6. The number of anilines is 1. The highest BCUT2D eigenvalue weighted by Crippen LogP contribution is 2.17. The molecule has 0 fully saturated rings. The lowest BCUT2D eigenvalue weighted by molar-refractivity contribution is -0.137. The van der Waals surface area contributed by atoms with E-state index in [0.29, 0.717) is 29.2 Å². The normalized spacial score (nSPS) is 9.94. The number of rotatable bonds is 5. The number of nitrogen functional groups attached to an aromatic ring is 1. The molecule has 0 saturated carbocycles. The van der Waals surface area contributed by atoms with Gasteiger partial charge in [-0.25, -0.2) is 0 Å². The average Bonchev–Trinajstić information content (AvgIpc) is 2.23. The smallest absolute Gasteiger partial charge is 0.303 e. The van der Waals surface area contributed by atoms with Gasteiger partial charge in [0.1, 0.15) is 0 Å². The van der Waals surface area contributed by atoms with Crippen LogP contribution in [0.15, 0.2) is 18.2 Å². The third-order valence-corrected chi connectivity index (χ3v) is 2.35. The van der Waals surface area contributed by atoms with E-state index in [2.05, 4.69) is 5.32 Å². The highest BCUT2D eigenvalue weighted by Gasteiger charge is 2.09. The Hall–Kier alpha value is -1.75. The summed E-state index contributed by atoms with van der Waals surface area (Å²) in [5.41, 5.74) is 6.27. The third-order valence-electron chi connectivity index (χ3n) is 2.11. The number of amides is 1. The van der Waals surface area contributed by atoms with E-state index in [1.54, 1.807) is 6.07 Å². The predicted octanol–water partition coefficient (Wildman–Crippen LogP) is 1.52. The molecule has 1 rings (SSSR count). The van der Waals surface area contributed by atoms with Crippen molar-refractivity contribution < 1.29 is 14.7 Å². The molecule has 0 heterocycles. The number of nitrogens with two attached hydrogens (primary N) is 1. The number of carbonyl (C=O) groups is 2. The molecule has 0 aliphatic heterocycles. The van der Waals surface area contributed by atoms with Crippen molar-refractivity contribution in [1.29, 1.82) is 0 Å². The molecule has 0 atom stereocenters. The van der Waals surface area contributed by atoms with Crippen molar-refractivity contribution in [3.63, 3.8) is 0 Å². The summed E-state index contributed by atoms with van der Waals surface area (Å²) in [4.78, 5) is 21.9. The number of benzene rings is 1. The molecule has 1 aromatic rings. The summed E-state index contributed by atoms with van der Waals surface area (Å²) in [5, 5.41) is 11.5. The molecule has 0 bridgehead atoms. The summed E-state index contributed by atoms with van der Waals surface area (Å²) >= 11 is 5.71. The van der Waals surface area contributed by atoms with Crippen LogP contribution in [-0.4, -0.2) is 23.5 Å². The first-order valence-corrected chi connectivity index (χ1v) is 5.43. The Morgan fingerprint density at radius 3 is 2.71 bits per heavy atom. The van der Waals surface area contributed by atoms with E-state index in [1.807, 2.05) is 0 Å². The van der Waals surface area contributed by atoms with E-state index in [0.717, 1.165) is 0 Å². The van der Waals surface area contributed by atoms with Crippen LogP contribution in [-0.2, 0) is 4.79 Å². The number of hydrogen-bond acceptors (Lipinski definition) is 3. The van der Waals surface area contributed by atoms with E-state index in [-0.39, 0.29) is 12.3 Å². The Morgan fingerprint density at radius 1 is 1.41 bits per heavy atom. The molecule has 5 nitrogen and oxygen atoms in total. The Balaban J connectivity index is 2.50. The Bertz CT molecular complexity index is 435. The molecule has 6 heteroatoms. The van der Waals surface area contributed by atoms with Crippen LogP contribution in [0, 0.1) is 0 Å². The second kappa shape index (κ2) is 6.10. The standard InChI is InChI=1S/C11H13ClN2O3/c12-7-3-4-8(9(13)6-7)11(17)14-5-1-2-10(15)16/h3-4,6H,1-2,5,13H2,(H,14,17)(H,15,16). The van der Waals surface area contributed by atoms with Gasteiger partial charge in [-0.15, -0.1) is 0 Å². The maximum Gasteiger partial charge on any atom is 0.303 e. The van der Waals surface area contributed by atoms with Gasteiger partial charge in [0.2, 0.25) is 0 Å². The number of nitrogens with one attached hydrogen (secondary N) is 1. The third kappa shape index (κ3) is 4.32. The van der Waals surface area contributed by atoms with Crippen LogP contribution in [0.2, 0.25) is 5.02 Å². The van der Waals surface area contributed by atoms with Gasteiger partial charge < -0.3 is 16.2 Å². The summed E-state index contributed by atoms with van der Waals surface area (Å²) in [7, 11) is 0. The Morgan fingerprint density at radius 2 is 2.12 bits per heavy atom. The summed E-state index contributed by atoms with van der Waals surface area (Å²) in [5.74, 6) is -1.21. The fourth-order valence-electron chi connectivity index (χ4n) is 1.28. The van der Waals surface area contributed by atoms with E-state index in [4.69, 9.17) is 22.4 Å². The molecular weight excluding hydrogens is 244 g/mol. The highest BCUT2D eigenvalue weighted by molar-refractivity contribution is 6.31. The molecule has 4 N–H and O–H groups in total. The van der Waals surface area contributed by atoms with Crippen molar-refractivity contribution >= 4 is 29.2 Å². The molecule has 0 unspecified atom stereocenters. The van der Waals surface area contributed by atoms with Crippen LogP contribution < -0.4 is 11.1 Å². The van der Waals surface area contributed by atoms with Crippen molar-refractivity contribution in [2.24, 2.45) is 0 Å². The van der Waals surface area contributed by atoms with Crippen LogP contribution in [0.4, 0.5) is 5.69 Å². The van der Waals surface area contributed by atoms with E-state index >= 15 is 0 Å². The predicted molar refractivity (Wildman–Crippen MR) is 65.1 cm³/mol. The van der Waals surface area contributed by atoms with Gasteiger partial charge in [0.15, 0.2) is 0 Å². The summed E-state index contributed by atoms with van der Waals surface area (Å²) in [6.45, 7) is 0.299. The summed E-state index contributed by atoms with van der Waals surface area (Å²) in [6.07, 6.45) is 0.408. The number of carbonyl (C=O) groups excluding carboxylic acids is 1. The lowest BCUT2D eigenvalue weighted by Crippen LogP contribution is -2.25. The van der Waals surface area contributed by atoms with Gasteiger partial charge in [-0.1, -0.05) is 11.6 Å². The lowest BCUT2D eigenvalue weighted by Gasteiger charge is -2.07. The van der Waals surface area contributed by atoms with Crippen LogP contribution in [0.1, 0.15) is 23.2 Å². The number of halogens is 1. The van der Waals surface area contributed by atoms with Crippen molar-refractivity contribution in [1.82, 2.24) is 5.32 Å². The summed E-state index contributed by atoms with van der Waals surface area (Å²) in [6, 6.07) is 4.60. The lowest BCUT2D eigenvalue weighted by atomic mass is 10.1. The van der Waals surface area contributed by atoms with Crippen LogP contribution in [0.25, 0.3) is 0 Å². The van der Waals surface area contributed by atoms with Gasteiger partial charge in [0, 0.05) is 23.7 Å². The van der Waals surface area contributed by atoms with Gasteiger partial charge in [0.25, 0.3) is 5.91 Å². The quantitative estimate of drug-likeness (QED) is 0.550. The zero-order chi connectivity index (χ0) is 12.8. The first kappa shape index (κ1) is 13.3. The van der Waals surface area contributed by atoms with Crippen LogP contribution in [0.3, 0.4) is 0 Å². The molecular formula is C11H13ClN2O3. The monoisotopic (exact) mass is 256 g/mol. The van der Waals surface area contributed by atoms with Gasteiger partial charge in [-0.2, -0.15) is 0 Å². The molecule has 92 valence electrons. The average molecular weight is 257 g/mol. The first-order valence-electron chi connectivity index (χ1n) is 5.05. The highest BCUT2D eigenvalue weighted by atomic mass is 35.5. The van der Waals surface area contributed by atoms with E-state index < -0.39 is 5.97 Å². The SMILES string of the molecule is Nc1cc(Cl)ccc1C(=O)NCCCC(=O)O. The molecule has 0 saturated heterocycles. The number of hydrogen-bond donors (Lipinski definition) is 3. The minimum atomic E-state index is -0.884. The van der Waals surface area contributed by atoms with E-state index in [1.165, 1.54) is 12.1 Å². The molecule has 1 aromatic carbocycles. The number of aliphatic carboxylic acids is 1. The fourth-order valence-corrected chi connectivity index (χ4v) is 1.46. The van der Waals surface area contributed by atoms with Crippen LogP contribution >= 0.6 is 11.6 Å². The van der Waals surface area contributed by atoms with Gasteiger partial charge in [0.05, 0.1) is 5.56 Å². The number of carboxylic acids is 1. The van der Waals surface area contributed by atoms with Gasteiger partial charge in [-0.05, 0) is 24.6 Å². The second-order valence-corrected chi connectivity index (χ2v) is 3.92. The van der Waals surface area contributed by atoms with E-state index in [9.17, 15) is 9.59 Å². The van der Waals surface area contributed by atoms with Crippen molar-refractivity contribution in [3.8, 4) is 0 Å². The minimum absolute atomic E-state index is 0.0242. The van der Waals surface area contributed by atoms with Crippen molar-refractivity contribution in [3.05, 3.63) is 28.8 Å². The molecule has 17 heavy (non-hydrogen) atoms. The molecule has 0 aliphatic rings. The number of carboxylic acid groups (broad SMARTS) is 1. The van der Waals surface area contributed by atoms with Crippen LogP contribution in [0.5, 0.6) is 0 Å². The largest absolute Gasteiger partial charge is 0.481 e. The molecule has 1 amide bonds. The van der Waals surface area contributed by atoms with Gasteiger partial charge in [-0.3, -0.25) is 9.59 Å².